The first kappa shape index (κ1) is 20.5. The van der Waals surface area contributed by atoms with E-state index in [-0.39, 0.29) is 5.75 Å². The third-order valence-electron chi connectivity index (χ3n) is 4.08. The van der Waals surface area contributed by atoms with Crippen LogP contribution in [0.5, 0.6) is 11.5 Å². The van der Waals surface area contributed by atoms with E-state index in [9.17, 15) is 21.6 Å². The normalized spacial score (nSPS) is 16.0. The highest BCUT2D eigenvalue weighted by Gasteiger charge is 2.48. The molecule has 0 aliphatic carbocycles. The van der Waals surface area contributed by atoms with Gasteiger partial charge in [0.15, 0.2) is 0 Å². The highest BCUT2D eigenvalue weighted by Crippen LogP contribution is 2.42. The highest BCUT2D eigenvalue weighted by atomic mass is 35.5. The molecule has 28 heavy (non-hydrogen) atoms. The predicted molar refractivity (Wildman–Crippen MR) is 100 cm³/mol. The Morgan fingerprint density at radius 3 is 2.32 bits per heavy atom. The van der Waals surface area contributed by atoms with E-state index < -0.39 is 27.0 Å². The summed E-state index contributed by atoms with van der Waals surface area (Å²) in [6.07, 6.45) is 1.89. The monoisotopic (exact) mass is 432 g/mol. The molecule has 0 unspecified atom stereocenters. The van der Waals surface area contributed by atoms with Crippen molar-refractivity contribution in [2.45, 2.75) is 31.9 Å². The summed E-state index contributed by atoms with van der Waals surface area (Å²) >= 11 is 6.02. The summed E-state index contributed by atoms with van der Waals surface area (Å²) in [5.41, 5.74) is -3.13. The van der Waals surface area contributed by atoms with E-state index in [0.717, 1.165) is 28.8 Å². The van der Waals surface area contributed by atoms with Gasteiger partial charge in [-0.25, -0.2) is 0 Å². The Balaban J connectivity index is 2.08. The van der Waals surface area contributed by atoms with E-state index in [0.29, 0.717) is 10.6 Å². The van der Waals surface area contributed by atoms with Gasteiger partial charge in [-0.3, -0.25) is 0 Å². The molecule has 3 rings (SSSR count). The number of hydrogen-bond acceptors (Lipinski definition) is 4. The maximum absolute atomic E-state index is 12.6. The first-order valence-corrected chi connectivity index (χ1v) is 9.91. The van der Waals surface area contributed by atoms with Crippen LogP contribution < -0.4 is 8.92 Å². The predicted octanol–water partition coefficient (Wildman–Crippen LogP) is 5.48. The Kier molecular flexibility index (Phi) is 4.92. The van der Waals surface area contributed by atoms with Gasteiger partial charge in [-0.05, 0) is 67.8 Å². The fraction of sp³-hybridized carbons (Fsp3) is 0.263. The van der Waals surface area contributed by atoms with Crippen LogP contribution in [0.25, 0.3) is 5.57 Å². The molecule has 0 saturated carbocycles. The van der Waals surface area contributed by atoms with Gasteiger partial charge in [0.1, 0.15) is 17.1 Å². The van der Waals surface area contributed by atoms with Crippen LogP contribution in [0.2, 0.25) is 5.02 Å². The van der Waals surface area contributed by atoms with Gasteiger partial charge in [0.2, 0.25) is 0 Å². The van der Waals surface area contributed by atoms with Crippen LogP contribution in [0.3, 0.4) is 0 Å². The Labute approximate surface area is 165 Å². The van der Waals surface area contributed by atoms with Gasteiger partial charge >= 0.3 is 15.6 Å². The van der Waals surface area contributed by atoms with Gasteiger partial charge in [-0.1, -0.05) is 17.7 Å². The van der Waals surface area contributed by atoms with E-state index >= 15 is 0 Å². The maximum Gasteiger partial charge on any atom is 0.534 e. The summed E-state index contributed by atoms with van der Waals surface area (Å²) in [5, 5.41) is 0.578. The second-order valence-electron chi connectivity index (χ2n) is 6.86. The Morgan fingerprint density at radius 1 is 1.07 bits per heavy atom. The average molecular weight is 433 g/mol. The molecule has 1 aliphatic heterocycles. The molecule has 2 aromatic rings. The number of halogens is 4. The lowest BCUT2D eigenvalue weighted by molar-refractivity contribution is -0.0500. The lowest BCUT2D eigenvalue weighted by atomic mass is 9.88. The number of ether oxygens (including phenoxy) is 1. The molecular weight excluding hydrogens is 417 g/mol. The quantitative estimate of drug-likeness (QED) is 0.476. The summed E-state index contributed by atoms with van der Waals surface area (Å²) in [4.78, 5) is 0. The molecule has 4 nitrogen and oxygen atoms in total. The van der Waals surface area contributed by atoms with Crippen LogP contribution in [0, 0.1) is 6.92 Å². The van der Waals surface area contributed by atoms with Gasteiger partial charge in [0.05, 0.1) is 0 Å². The molecule has 2 aromatic carbocycles. The number of rotatable bonds is 3. The highest BCUT2D eigenvalue weighted by molar-refractivity contribution is 7.88. The second-order valence-corrected chi connectivity index (χ2v) is 8.84. The summed E-state index contributed by atoms with van der Waals surface area (Å²) in [5.74, 6) is -0.271. The average Bonchev–Trinajstić information content (AvgIpc) is 2.51. The zero-order valence-electron chi connectivity index (χ0n) is 15.1. The van der Waals surface area contributed by atoms with E-state index in [2.05, 4.69) is 4.18 Å². The van der Waals surface area contributed by atoms with Crippen molar-refractivity contribution < 1.29 is 30.5 Å². The number of hydrogen-bond donors (Lipinski definition) is 0. The maximum atomic E-state index is 12.6. The molecular formula is C19H16ClF3O4S. The molecule has 0 radical (unpaired) electrons. The van der Waals surface area contributed by atoms with Crippen molar-refractivity contribution in [3.8, 4) is 11.5 Å². The van der Waals surface area contributed by atoms with Crippen LogP contribution >= 0.6 is 11.6 Å². The molecule has 0 fully saturated rings. The molecule has 0 amide bonds. The van der Waals surface area contributed by atoms with Gasteiger partial charge in [0, 0.05) is 16.7 Å². The molecule has 1 heterocycles. The third kappa shape index (κ3) is 3.98. The third-order valence-corrected chi connectivity index (χ3v) is 5.29. The van der Waals surface area contributed by atoms with Gasteiger partial charge in [0.25, 0.3) is 0 Å². The topological polar surface area (TPSA) is 52.6 Å². The molecule has 0 bridgehead atoms. The minimum atomic E-state index is -5.77. The van der Waals surface area contributed by atoms with E-state index in [1.807, 2.05) is 19.1 Å². The van der Waals surface area contributed by atoms with Crippen LogP contribution in [0.4, 0.5) is 13.2 Å². The van der Waals surface area contributed by atoms with Crippen molar-refractivity contribution in [2.24, 2.45) is 0 Å². The van der Waals surface area contributed by atoms with Crippen LogP contribution in [0.15, 0.2) is 42.5 Å². The van der Waals surface area contributed by atoms with Crippen LogP contribution in [0.1, 0.15) is 30.5 Å². The lowest BCUT2D eigenvalue weighted by Crippen LogP contribution is -2.30. The Hall–Kier alpha value is -2.19. The SMILES string of the molecule is Cc1cc(Cl)ccc1C1=CC(C)(C)Oc2cc(OS(=O)(=O)C(F)(F)F)ccc21. The van der Waals surface area contributed by atoms with Crippen molar-refractivity contribution in [1.82, 2.24) is 0 Å². The first-order valence-electron chi connectivity index (χ1n) is 8.13. The molecule has 9 heteroatoms. The van der Waals surface area contributed by atoms with Crippen LogP contribution in [-0.4, -0.2) is 19.5 Å². The summed E-state index contributed by atoms with van der Waals surface area (Å²) in [6.45, 7) is 5.44. The molecule has 150 valence electrons. The second kappa shape index (κ2) is 6.70. The van der Waals surface area contributed by atoms with Gasteiger partial charge in [-0.15, -0.1) is 0 Å². The van der Waals surface area contributed by atoms with E-state index in [4.69, 9.17) is 16.3 Å². The summed E-state index contributed by atoms with van der Waals surface area (Å²) in [7, 11) is -5.77. The zero-order valence-corrected chi connectivity index (χ0v) is 16.7. The van der Waals surface area contributed by atoms with Crippen molar-refractivity contribution in [3.05, 3.63) is 64.2 Å². The molecule has 0 spiro atoms. The Morgan fingerprint density at radius 2 is 1.71 bits per heavy atom. The standard InChI is InChI=1S/C19H16ClF3O4S/c1-11-8-12(20)4-6-14(11)16-10-18(2,3)26-17-9-13(5-7-15(16)17)27-28(24,25)19(21,22)23/h4-10H,1-3H3. The molecule has 1 aliphatic rings. The summed E-state index contributed by atoms with van der Waals surface area (Å²) in [6, 6.07) is 9.13. The molecule has 0 aromatic heterocycles. The van der Waals surface area contributed by atoms with Crippen molar-refractivity contribution in [2.75, 3.05) is 0 Å². The van der Waals surface area contributed by atoms with E-state index in [1.165, 1.54) is 6.07 Å². The number of benzene rings is 2. The molecule has 0 saturated heterocycles. The Bertz CT molecular complexity index is 1070. The van der Waals surface area contributed by atoms with E-state index in [1.54, 1.807) is 26.0 Å². The minimum Gasteiger partial charge on any atom is -0.483 e. The lowest BCUT2D eigenvalue weighted by Gasteiger charge is -2.32. The fourth-order valence-electron chi connectivity index (χ4n) is 2.93. The van der Waals surface area contributed by atoms with Gasteiger partial charge in [-0.2, -0.15) is 21.6 Å². The smallest absolute Gasteiger partial charge is 0.483 e. The molecule has 0 N–H and O–H groups in total. The van der Waals surface area contributed by atoms with Crippen molar-refractivity contribution in [1.29, 1.82) is 0 Å². The molecule has 0 atom stereocenters. The van der Waals surface area contributed by atoms with Crippen molar-refractivity contribution in [3.63, 3.8) is 0 Å². The van der Waals surface area contributed by atoms with Crippen molar-refractivity contribution >= 4 is 27.3 Å². The fourth-order valence-corrected chi connectivity index (χ4v) is 3.60. The zero-order chi connectivity index (χ0) is 20.9. The number of fused-ring (bicyclic) bond motifs is 1. The minimum absolute atomic E-state index is 0.215. The first-order chi connectivity index (χ1) is 12.8. The summed E-state index contributed by atoms with van der Waals surface area (Å²) < 4.78 is 70.3. The number of alkyl halides is 3. The largest absolute Gasteiger partial charge is 0.534 e. The number of aryl methyl sites for hydroxylation is 1. The van der Waals surface area contributed by atoms with Crippen LogP contribution in [-0.2, 0) is 10.1 Å². The van der Waals surface area contributed by atoms with Gasteiger partial charge < -0.3 is 8.92 Å².